The second kappa shape index (κ2) is 6.95. The molecule has 0 saturated carbocycles. The van der Waals surface area contributed by atoms with Gasteiger partial charge >= 0.3 is 0 Å². The maximum atomic E-state index is 11.9. The number of anilines is 1. The summed E-state index contributed by atoms with van der Waals surface area (Å²) in [4.78, 5) is 11.9. The molecule has 0 aliphatic rings. The van der Waals surface area contributed by atoms with Gasteiger partial charge in [0.2, 0.25) is 0 Å². The van der Waals surface area contributed by atoms with Crippen LogP contribution in [0.1, 0.15) is 15.9 Å². The van der Waals surface area contributed by atoms with Crippen LogP contribution in [0.5, 0.6) is 11.5 Å². The first-order valence-electron chi connectivity index (χ1n) is 6.26. The SMILES string of the molecule is COc1cc(Br)cc(/C=N/NC(=O)c2ccc(N)cc2)c1O. The number of nitrogens with zero attached hydrogens (tertiary/aromatic N) is 1. The molecular formula is C15H14BrN3O3. The summed E-state index contributed by atoms with van der Waals surface area (Å²) < 4.78 is 5.75. The Bertz CT molecular complexity index is 715. The number of aromatic hydroxyl groups is 1. The minimum absolute atomic E-state index is 0.0591. The van der Waals surface area contributed by atoms with Gasteiger partial charge in [0.15, 0.2) is 11.5 Å². The van der Waals surface area contributed by atoms with Crippen molar-refractivity contribution in [2.45, 2.75) is 0 Å². The largest absolute Gasteiger partial charge is 0.504 e. The molecule has 0 aromatic heterocycles. The molecule has 0 heterocycles. The van der Waals surface area contributed by atoms with Crippen molar-refractivity contribution < 1.29 is 14.6 Å². The number of ether oxygens (including phenoxy) is 1. The van der Waals surface area contributed by atoms with Crippen molar-refractivity contribution in [1.82, 2.24) is 5.43 Å². The molecule has 114 valence electrons. The van der Waals surface area contributed by atoms with Gasteiger partial charge in [-0.25, -0.2) is 5.43 Å². The molecule has 0 fully saturated rings. The average Bonchev–Trinajstić information content (AvgIpc) is 2.50. The molecule has 0 radical (unpaired) electrons. The molecule has 2 rings (SSSR count). The van der Waals surface area contributed by atoms with Gasteiger partial charge in [0.1, 0.15) is 0 Å². The number of benzene rings is 2. The fourth-order valence-electron chi connectivity index (χ4n) is 1.71. The third-order valence-electron chi connectivity index (χ3n) is 2.83. The second-order valence-corrected chi connectivity index (χ2v) is 5.28. The number of hydrazone groups is 1. The number of methoxy groups -OCH3 is 1. The quantitative estimate of drug-likeness (QED) is 0.441. The number of hydrogen-bond donors (Lipinski definition) is 3. The van der Waals surface area contributed by atoms with Gasteiger partial charge in [-0.15, -0.1) is 0 Å². The molecule has 0 atom stereocenters. The Kier molecular flexibility index (Phi) is 5.00. The third-order valence-corrected chi connectivity index (χ3v) is 3.29. The van der Waals surface area contributed by atoms with Gasteiger partial charge in [-0.3, -0.25) is 4.79 Å². The minimum atomic E-state index is -0.377. The van der Waals surface area contributed by atoms with E-state index in [0.717, 1.165) is 0 Å². The Hall–Kier alpha value is -2.54. The normalized spacial score (nSPS) is 10.6. The molecule has 4 N–H and O–H groups in total. The van der Waals surface area contributed by atoms with Crippen LogP contribution in [0.4, 0.5) is 5.69 Å². The number of nitrogens with one attached hydrogen (secondary N) is 1. The molecule has 0 aliphatic carbocycles. The lowest BCUT2D eigenvalue weighted by atomic mass is 10.2. The first-order valence-corrected chi connectivity index (χ1v) is 7.06. The van der Waals surface area contributed by atoms with Gasteiger partial charge in [0.25, 0.3) is 5.91 Å². The summed E-state index contributed by atoms with van der Waals surface area (Å²) in [5.74, 6) is -0.130. The predicted octanol–water partition coefficient (Wildman–Crippen LogP) is 2.51. The number of carbonyl (C=O) groups excluding carboxylic acids is 1. The molecule has 7 heteroatoms. The van der Waals surface area contributed by atoms with Crippen molar-refractivity contribution in [2.75, 3.05) is 12.8 Å². The van der Waals surface area contributed by atoms with E-state index in [2.05, 4.69) is 26.5 Å². The highest BCUT2D eigenvalue weighted by molar-refractivity contribution is 9.10. The summed E-state index contributed by atoms with van der Waals surface area (Å²) in [6.45, 7) is 0. The summed E-state index contributed by atoms with van der Waals surface area (Å²) in [6, 6.07) is 9.73. The van der Waals surface area contributed by atoms with Crippen LogP contribution in [0.3, 0.4) is 0 Å². The van der Waals surface area contributed by atoms with E-state index in [-0.39, 0.29) is 11.7 Å². The summed E-state index contributed by atoms with van der Waals surface area (Å²) >= 11 is 3.30. The number of nitrogens with two attached hydrogens (primary N) is 1. The standard InChI is InChI=1S/C15H14BrN3O3/c1-22-13-7-11(16)6-10(14(13)20)8-18-19-15(21)9-2-4-12(17)5-3-9/h2-8,20H,17H2,1H3,(H,19,21)/b18-8+. The number of phenolic OH excluding ortho intramolecular Hbond substituents is 1. The third kappa shape index (κ3) is 3.76. The Morgan fingerprint density at radius 1 is 1.36 bits per heavy atom. The van der Waals surface area contributed by atoms with Crippen molar-refractivity contribution in [3.63, 3.8) is 0 Å². The molecule has 1 amide bonds. The van der Waals surface area contributed by atoms with Crippen molar-refractivity contribution >= 4 is 33.7 Å². The number of halogens is 1. The van der Waals surface area contributed by atoms with E-state index in [1.165, 1.54) is 13.3 Å². The number of nitrogen functional groups attached to an aromatic ring is 1. The van der Waals surface area contributed by atoms with E-state index in [4.69, 9.17) is 10.5 Å². The van der Waals surface area contributed by atoms with Crippen molar-refractivity contribution in [2.24, 2.45) is 5.10 Å². The first kappa shape index (κ1) is 15.8. The zero-order valence-electron chi connectivity index (χ0n) is 11.7. The van der Waals surface area contributed by atoms with E-state index < -0.39 is 0 Å². The average molecular weight is 364 g/mol. The zero-order valence-corrected chi connectivity index (χ0v) is 13.3. The van der Waals surface area contributed by atoms with E-state index >= 15 is 0 Å². The topological polar surface area (TPSA) is 96.9 Å². The Balaban J connectivity index is 2.11. The van der Waals surface area contributed by atoms with Gasteiger partial charge in [-0.1, -0.05) is 15.9 Å². The monoisotopic (exact) mass is 363 g/mol. The molecule has 6 nitrogen and oxygen atoms in total. The van der Waals surface area contributed by atoms with E-state index in [0.29, 0.717) is 27.0 Å². The van der Waals surface area contributed by atoms with Crippen LogP contribution in [0.25, 0.3) is 0 Å². The number of amides is 1. The van der Waals surface area contributed by atoms with Crippen LogP contribution in [-0.4, -0.2) is 24.3 Å². The molecule has 22 heavy (non-hydrogen) atoms. The Morgan fingerprint density at radius 3 is 2.68 bits per heavy atom. The molecule has 0 unspecified atom stereocenters. The highest BCUT2D eigenvalue weighted by Crippen LogP contribution is 2.32. The van der Waals surface area contributed by atoms with Crippen LogP contribution >= 0.6 is 15.9 Å². The van der Waals surface area contributed by atoms with Crippen molar-refractivity contribution in [3.05, 3.63) is 52.0 Å². The van der Waals surface area contributed by atoms with Gasteiger partial charge in [-0.2, -0.15) is 5.10 Å². The molecule has 0 aliphatic heterocycles. The van der Waals surface area contributed by atoms with Gasteiger partial charge in [-0.05, 0) is 36.4 Å². The van der Waals surface area contributed by atoms with Crippen LogP contribution in [0, 0.1) is 0 Å². The molecular weight excluding hydrogens is 350 g/mol. The van der Waals surface area contributed by atoms with Crippen LogP contribution in [0.2, 0.25) is 0 Å². The molecule has 0 saturated heterocycles. The van der Waals surface area contributed by atoms with Crippen LogP contribution < -0.4 is 15.9 Å². The lowest BCUT2D eigenvalue weighted by Gasteiger charge is -2.06. The maximum absolute atomic E-state index is 11.9. The van der Waals surface area contributed by atoms with Crippen molar-refractivity contribution in [3.8, 4) is 11.5 Å². The van der Waals surface area contributed by atoms with E-state index in [9.17, 15) is 9.90 Å². The first-order chi connectivity index (χ1) is 10.5. The van der Waals surface area contributed by atoms with Gasteiger partial charge < -0.3 is 15.6 Å². The summed E-state index contributed by atoms with van der Waals surface area (Å²) in [5, 5.41) is 13.8. The molecule has 0 spiro atoms. The Morgan fingerprint density at radius 2 is 2.05 bits per heavy atom. The summed E-state index contributed by atoms with van der Waals surface area (Å²) in [6.07, 6.45) is 1.33. The highest BCUT2D eigenvalue weighted by Gasteiger charge is 2.08. The van der Waals surface area contributed by atoms with Crippen LogP contribution in [0.15, 0.2) is 46.0 Å². The lowest BCUT2D eigenvalue weighted by Crippen LogP contribution is -2.17. The Labute approximate surface area is 135 Å². The van der Waals surface area contributed by atoms with Crippen molar-refractivity contribution in [1.29, 1.82) is 0 Å². The predicted molar refractivity (Wildman–Crippen MR) is 88.3 cm³/mol. The summed E-state index contributed by atoms with van der Waals surface area (Å²) in [7, 11) is 1.45. The zero-order chi connectivity index (χ0) is 16.1. The van der Waals surface area contributed by atoms with E-state index in [1.807, 2.05) is 0 Å². The van der Waals surface area contributed by atoms with Gasteiger partial charge in [0.05, 0.1) is 13.3 Å². The number of phenols is 1. The minimum Gasteiger partial charge on any atom is -0.504 e. The lowest BCUT2D eigenvalue weighted by molar-refractivity contribution is 0.0955. The van der Waals surface area contributed by atoms with Gasteiger partial charge in [0, 0.05) is 21.3 Å². The second-order valence-electron chi connectivity index (χ2n) is 4.37. The smallest absolute Gasteiger partial charge is 0.271 e. The fraction of sp³-hybridized carbons (Fsp3) is 0.0667. The maximum Gasteiger partial charge on any atom is 0.271 e. The number of rotatable bonds is 4. The molecule has 2 aromatic carbocycles. The highest BCUT2D eigenvalue weighted by atomic mass is 79.9. The molecule has 2 aromatic rings. The van der Waals surface area contributed by atoms with Crippen LogP contribution in [-0.2, 0) is 0 Å². The fourth-order valence-corrected chi connectivity index (χ4v) is 2.16. The molecule has 0 bridgehead atoms. The van der Waals surface area contributed by atoms with E-state index in [1.54, 1.807) is 36.4 Å². The summed E-state index contributed by atoms with van der Waals surface area (Å²) in [5.41, 5.74) is 9.34. The number of carbonyl (C=O) groups is 1. The number of hydrogen-bond acceptors (Lipinski definition) is 5.